The van der Waals surface area contributed by atoms with Crippen molar-refractivity contribution in [2.24, 2.45) is 0 Å². The molecule has 0 amide bonds. The summed E-state index contributed by atoms with van der Waals surface area (Å²) in [6.07, 6.45) is -23.3. The SMILES string of the molecule is CC1OC(OCC2OC(OC3=Cc4c(OC5OC(CO)C(O)C(O)C5O)cc(O)cc4[OH+]C3c3cc(O)c(O)c(O)c3)C(O)C(O)C2O)C(O)C(OC(=O)C=Cc2ccc(O)cc2)C1O. The van der Waals surface area contributed by atoms with Crippen molar-refractivity contribution in [3.63, 3.8) is 0 Å². The molecule has 0 spiro atoms. The first-order valence-corrected chi connectivity index (χ1v) is 20.0. The highest BCUT2D eigenvalue weighted by molar-refractivity contribution is 5.87. The normalized spacial score (nSPS) is 34.8. The molecule has 4 aliphatic heterocycles. The Labute approximate surface area is 367 Å². The van der Waals surface area contributed by atoms with Gasteiger partial charge in [-0.2, -0.15) is 0 Å². The molecule has 16 unspecified atom stereocenters. The number of ether oxygens (including phenoxy) is 8. The van der Waals surface area contributed by atoms with E-state index < -0.39 is 140 Å². The van der Waals surface area contributed by atoms with E-state index in [0.717, 1.165) is 30.3 Å². The predicted octanol–water partition coefficient (Wildman–Crippen LogP) is -2.34. The van der Waals surface area contributed by atoms with E-state index in [1.165, 1.54) is 43.3 Å². The molecule has 16 atom stereocenters. The Kier molecular flexibility index (Phi) is 14.3. The van der Waals surface area contributed by atoms with Crippen LogP contribution in [0.3, 0.4) is 0 Å². The van der Waals surface area contributed by atoms with Crippen molar-refractivity contribution < 1.29 is 114 Å². The molecule has 23 heteroatoms. The minimum Gasteiger partial charge on any atom is -0.571 e. The Hall–Kier alpha value is -5.51. The van der Waals surface area contributed by atoms with Gasteiger partial charge in [0, 0.05) is 18.2 Å². The molecule has 23 nitrogen and oxygen atoms in total. The van der Waals surface area contributed by atoms with Gasteiger partial charge in [0.1, 0.15) is 83.9 Å². The van der Waals surface area contributed by atoms with Crippen LogP contribution in [0.15, 0.2) is 60.4 Å². The highest BCUT2D eigenvalue weighted by Crippen LogP contribution is 2.48. The number of hydrogen-bond acceptors (Lipinski definition) is 22. The van der Waals surface area contributed by atoms with E-state index in [2.05, 4.69) is 4.74 Å². The number of phenols is 5. The quantitative estimate of drug-likeness (QED) is 0.0392. The van der Waals surface area contributed by atoms with Crippen LogP contribution in [0.1, 0.15) is 29.7 Å². The van der Waals surface area contributed by atoms with Crippen LogP contribution >= 0.6 is 0 Å². The van der Waals surface area contributed by atoms with Gasteiger partial charge in [-0.1, -0.05) is 12.1 Å². The molecule has 4 heterocycles. The first kappa shape index (κ1) is 47.5. The average molecular weight is 922 g/mol. The standard InChI is InChI=1S/C42H48O23/c1-15-29(49)39(65-28(48)7-4-16-2-5-18(44)6-3-16)37(57)40(59-15)58-14-27-32(52)34(54)36(56)42(64-27)62-25-12-20-23(60-38(25)17-8-21(46)30(50)22(47)9-17)10-19(45)11-24(20)61-41-35(55)33(53)31(51)26(13-43)63-41/h2-12,15,26-27,29,31-47,49-57H,13-14H2,1H3/p+1. The molecule has 4 aliphatic rings. The minimum atomic E-state index is -2.01. The van der Waals surface area contributed by atoms with Crippen molar-refractivity contribution in [1.29, 1.82) is 0 Å². The lowest BCUT2D eigenvalue weighted by Gasteiger charge is -2.43. The number of fused-ring (bicyclic) bond motifs is 1. The van der Waals surface area contributed by atoms with Gasteiger partial charge in [0.05, 0.1) is 30.9 Å². The van der Waals surface area contributed by atoms with E-state index in [-0.39, 0.29) is 34.1 Å². The third-order valence-corrected chi connectivity index (χ3v) is 11.1. The number of esters is 1. The zero-order valence-corrected chi connectivity index (χ0v) is 34.0. The first-order valence-electron chi connectivity index (χ1n) is 20.0. The second kappa shape index (κ2) is 19.5. The summed E-state index contributed by atoms with van der Waals surface area (Å²) in [6, 6.07) is 10.1. The molecule has 3 aromatic carbocycles. The molecule has 3 aromatic rings. The average Bonchev–Trinajstić information content (AvgIpc) is 3.27. The number of phenolic OH excluding ortho intramolecular Hbond substituents is 5. The van der Waals surface area contributed by atoms with Crippen LogP contribution in [-0.4, -0.2) is 188 Å². The highest BCUT2D eigenvalue weighted by atomic mass is 16.7. The van der Waals surface area contributed by atoms with E-state index in [1.807, 2.05) is 0 Å². The van der Waals surface area contributed by atoms with Crippen LogP contribution < -0.4 is 4.74 Å². The molecule has 0 saturated carbocycles. The molecule has 0 aromatic heterocycles. The third-order valence-electron chi connectivity index (χ3n) is 11.1. The van der Waals surface area contributed by atoms with Crippen molar-refractivity contribution in [3.05, 3.63) is 77.1 Å². The second-order valence-corrected chi connectivity index (χ2v) is 15.7. The molecule has 7 rings (SSSR count). The molecule has 65 heavy (non-hydrogen) atoms. The number of hydrogen-bond donors (Lipinski definition) is 14. The number of carbonyl (C=O) groups excluding carboxylic acids is 1. The van der Waals surface area contributed by atoms with E-state index in [4.69, 9.17) is 33.2 Å². The number of rotatable bonds is 12. The molecule has 3 fully saturated rings. The predicted molar refractivity (Wildman–Crippen MR) is 213 cm³/mol. The van der Waals surface area contributed by atoms with E-state index >= 15 is 0 Å². The van der Waals surface area contributed by atoms with Gasteiger partial charge in [-0.05, 0) is 42.8 Å². The fourth-order valence-corrected chi connectivity index (χ4v) is 7.45. The fourth-order valence-electron chi connectivity index (χ4n) is 7.45. The van der Waals surface area contributed by atoms with Crippen molar-refractivity contribution in [2.45, 2.75) is 105 Å². The largest absolute Gasteiger partial charge is 0.571 e. The van der Waals surface area contributed by atoms with Crippen LogP contribution in [0.4, 0.5) is 0 Å². The topological polar surface area (TPSA) is 378 Å². The Morgan fingerprint density at radius 2 is 1.31 bits per heavy atom. The van der Waals surface area contributed by atoms with E-state index in [1.54, 1.807) is 0 Å². The fraction of sp³-hybridized carbons (Fsp3) is 0.452. The van der Waals surface area contributed by atoms with Crippen molar-refractivity contribution in [2.75, 3.05) is 13.2 Å². The summed E-state index contributed by atoms with van der Waals surface area (Å²) in [6.45, 7) is -0.0696. The molecule has 15 N–H and O–H groups in total. The monoisotopic (exact) mass is 921 g/mol. The number of benzene rings is 3. The van der Waals surface area contributed by atoms with Gasteiger partial charge in [-0.3, -0.25) is 0 Å². The number of carbonyl (C=O) groups is 1. The molecule has 3 saturated heterocycles. The van der Waals surface area contributed by atoms with Gasteiger partial charge in [0.15, 0.2) is 35.4 Å². The highest BCUT2D eigenvalue weighted by Gasteiger charge is 2.50. The van der Waals surface area contributed by atoms with Crippen LogP contribution in [0, 0.1) is 0 Å². The maximum atomic E-state index is 12.7. The lowest BCUT2D eigenvalue weighted by molar-refractivity contribution is -0.325. The maximum absolute atomic E-state index is 12.7. The second-order valence-electron chi connectivity index (χ2n) is 15.7. The molecular weight excluding hydrogens is 872 g/mol. The van der Waals surface area contributed by atoms with Crippen LogP contribution in [-0.2, 0) is 33.2 Å². The summed E-state index contributed by atoms with van der Waals surface area (Å²) in [5, 5.41) is 147. The van der Waals surface area contributed by atoms with E-state index in [9.17, 15) is 76.3 Å². The van der Waals surface area contributed by atoms with E-state index in [0.29, 0.717) is 5.56 Å². The van der Waals surface area contributed by atoms with Gasteiger partial charge in [0.2, 0.25) is 12.6 Å². The van der Waals surface area contributed by atoms with Gasteiger partial charge in [0.25, 0.3) is 11.9 Å². The Balaban J connectivity index is 1.12. The first-order chi connectivity index (χ1) is 30.8. The summed E-state index contributed by atoms with van der Waals surface area (Å²) >= 11 is 0. The molecule has 0 radical (unpaired) electrons. The van der Waals surface area contributed by atoms with Crippen LogP contribution in [0.25, 0.3) is 12.2 Å². The van der Waals surface area contributed by atoms with Crippen LogP contribution in [0.5, 0.6) is 40.2 Å². The summed E-state index contributed by atoms with van der Waals surface area (Å²) in [5.41, 5.74) is 0.461. The van der Waals surface area contributed by atoms with Gasteiger partial charge in [-0.25, -0.2) is 4.79 Å². The Morgan fingerprint density at radius 3 is 1.95 bits per heavy atom. The summed E-state index contributed by atoms with van der Waals surface area (Å²) < 4.78 is 44.5. The van der Waals surface area contributed by atoms with Crippen LogP contribution in [0.2, 0.25) is 0 Å². The van der Waals surface area contributed by atoms with Gasteiger partial charge in [-0.15, -0.1) is 0 Å². The number of aromatic hydroxyl groups is 6. The molecule has 0 aliphatic carbocycles. The summed E-state index contributed by atoms with van der Waals surface area (Å²) in [4.78, 5) is 12.7. The number of aliphatic hydroxyl groups is 10. The summed E-state index contributed by atoms with van der Waals surface area (Å²) in [5.74, 6) is -4.48. The maximum Gasteiger partial charge on any atom is 0.331 e. The molecule has 0 bridgehead atoms. The Bertz CT molecular complexity index is 2190. The zero-order valence-electron chi connectivity index (χ0n) is 34.0. The van der Waals surface area contributed by atoms with Gasteiger partial charge < -0.3 is 109 Å². The Morgan fingerprint density at radius 1 is 0.692 bits per heavy atom. The smallest absolute Gasteiger partial charge is 0.331 e. The summed E-state index contributed by atoms with van der Waals surface area (Å²) in [7, 11) is 0. The lowest BCUT2D eigenvalue weighted by Crippen LogP contribution is -2.61. The molecular formula is C42H49O23+. The van der Waals surface area contributed by atoms with Gasteiger partial charge >= 0.3 is 5.97 Å². The number of aliphatic hydroxyl groups excluding tert-OH is 9. The van der Waals surface area contributed by atoms with Crippen molar-refractivity contribution >= 4 is 18.1 Å². The molecule has 354 valence electrons. The van der Waals surface area contributed by atoms with Crippen molar-refractivity contribution in [1.82, 2.24) is 0 Å². The zero-order chi connectivity index (χ0) is 47.0. The minimum absolute atomic E-state index is 0.00621. The van der Waals surface area contributed by atoms with Crippen molar-refractivity contribution in [3.8, 4) is 40.2 Å². The third kappa shape index (κ3) is 10.0. The lowest BCUT2D eigenvalue weighted by atomic mass is 9.98.